The lowest BCUT2D eigenvalue weighted by molar-refractivity contribution is -0.132. The molecule has 1 aromatic rings. The van der Waals surface area contributed by atoms with Crippen LogP contribution in [0.1, 0.15) is 38.1 Å². The van der Waals surface area contributed by atoms with Crippen LogP contribution in [0, 0.1) is 17.3 Å². The van der Waals surface area contributed by atoms with Crippen molar-refractivity contribution in [3.05, 3.63) is 11.8 Å². The van der Waals surface area contributed by atoms with Crippen molar-refractivity contribution in [2.75, 3.05) is 18.5 Å². The summed E-state index contributed by atoms with van der Waals surface area (Å²) in [5.41, 5.74) is -0.0455. The van der Waals surface area contributed by atoms with E-state index in [9.17, 15) is 14.4 Å². The van der Waals surface area contributed by atoms with Gasteiger partial charge in [0.05, 0.1) is 12.8 Å². The first kappa shape index (κ1) is 18.0. The van der Waals surface area contributed by atoms with E-state index in [2.05, 4.69) is 15.7 Å². The molecule has 0 radical (unpaired) electrons. The number of carbonyl (C=O) groups excluding carboxylic acids is 3. The minimum Gasteiger partial charge on any atom is -0.462 e. The van der Waals surface area contributed by atoms with E-state index in [-0.39, 0.29) is 35.2 Å². The van der Waals surface area contributed by atoms with Crippen LogP contribution >= 0.6 is 0 Å². The molecule has 2 rings (SSSR count). The van der Waals surface area contributed by atoms with Gasteiger partial charge in [-0.3, -0.25) is 14.3 Å². The van der Waals surface area contributed by atoms with Gasteiger partial charge in [-0.25, -0.2) is 4.79 Å². The van der Waals surface area contributed by atoms with Gasteiger partial charge in [-0.1, -0.05) is 20.8 Å². The first-order valence-electron chi connectivity index (χ1n) is 7.94. The number of nitrogens with one attached hydrogen (secondary N) is 2. The third-order valence-electron chi connectivity index (χ3n) is 4.25. The molecule has 1 aliphatic heterocycles. The molecule has 0 unspecified atom stereocenters. The minimum atomic E-state index is -0.810. The summed E-state index contributed by atoms with van der Waals surface area (Å²) in [6.07, 6.45) is 1.34. The van der Waals surface area contributed by atoms with Crippen molar-refractivity contribution in [2.24, 2.45) is 24.3 Å². The molecule has 2 heterocycles. The maximum atomic E-state index is 12.7. The van der Waals surface area contributed by atoms with Crippen LogP contribution in [0.5, 0.6) is 0 Å². The third kappa shape index (κ3) is 3.42. The van der Waals surface area contributed by atoms with E-state index in [1.54, 1.807) is 14.0 Å². The highest BCUT2D eigenvalue weighted by Crippen LogP contribution is 2.35. The summed E-state index contributed by atoms with van der Waals surface area (Å²) in [5.74, 6) is -2.03. The van der Waals surface area contributed by atoms with Gasteiger partial charge in [0.2, 0.25) is 11.8 Å². The molecule has 1 aromatic heterocycles. The van der Waals surface area contributed by atoms with Crippen LogP contribution in [-0.2, 0) is 21.4 Å². The summed E-state index contributed by atoms with van der Waals surface area (Å²) in [6, 6.07) is 0. The Morgan fingerprint density at radius 1 is 1.46 bits per heavy atom. The highest BCUT2D eigenvalue weighted by molar-refractivity contribution is 6.09. The van der Waals surface area contributed by atoms with Crippen LogP contribution in [0.25, 0.3) is 0 Å². The average Bonchev–Trinajstić information content (AvgIpc) is 3.03. The summed E-state index contributed by atoms with van der Waals surface area (Å²) in [5, 5.41) is 9.40. The number of ether oxygens (including phenoxy) is 1. The number of esters is 1. The fourth-order valence-corrected chi connectivity index (χ4v) is 2.87. The summed E-state index contributed by atoms with van der Waals surface area (Å²) in [4.78, 5) is 36.8. The van der Waals surface area contributed by atoms with Gasteiger partial charge >= 0.3 is 5.97 Å². The molecule has 8 heteroatoms. The number of nitrogens with zero attached hydrogens (tertiary/aromatic N) is 2. The number of carbonyl (C=O) groups is 3. The Kier molecular flexibility index (Phi) is 4.96. The predicted octanol–water partition coefficient (Wildman–Crippen LogP) is 0.944. The number of aromatic nitrogens is 2. The highest BCUT2D eigenvalue weighted by atomic mass is 16.5. The Morgan fingerprint density at radius 3 is 2.71 bits per heavy atom. The molecule has 1 aliphatic rings. The van der Waals surface area contributed by atoms with Gasteiger partial charge in [-0.2, -0.15) is 5.10 Å². The average molecular weight is 336 g/mol. The molecule has 2 N–H and O–H groups in total. The van der Waals surface area contributed by atoms with E-state index in [1.165, 1.54) is 10.9 Å². The SMILES string of the molecule is CCOC(=O)c1cnn(C)c1NC(=O)[C@@H]1C(=O)NC[C@H]1C(C)(C)C. The Bertz CT molecular complexity index is 660. The molecule has 132 valence electrons. The van der Waals surface area contributed by atoms with Crippen LogP contribution in [-0.4, -0.2) is 40.7 Å². The van der Waals surface area contributed by atoms with Crippen LogP contribution in [0.15, 0.2) is 6.20 Å². The van der Waals surface area contributed by atoms with Crippen molar-refractivity contribution in [3.63, 3.8) is 0 Å². The lowest BCUT2D eigenvalue weighted by Crippen LogP contribution is -2.38. The first-order valence-corrected chi connectivity index (χ1v) is 7.94. The van der Waals surface area contributed by atoms with Gasteiger partial charge in [-0.05, 0) is 12.3 Å². The number of anilines is 1. The second kappa shape index (κ2) is 6.62. The van der Waals surface area contributed by atoms with E-state index in [4.69, 9.17) is 4.74 Å². The minimum absolute atomic E-state index is 0.135. The molecule has 0 spiro atoms. The van der Waals surface area contributed by atoms with Crippen LogP contribution in [0.4, 0.5) is 5.82 Å². The number of rotatable bonds is 4. The van der Waals surface area contributed by atoms with Crippen molar-refractivity contribution in [1.82, 2.24) is 15.1 Å². The second-order valence-electron chi connectivity index (χ2n) is 6.94. The topological polar surface area (TPSA) is 102 Å². The van der Waals surface area contributed by atoms with Crippen LogP contribution in [0.3, 0.4) is 0 Å². The van der Waals surface area contributed by atoms with E-state index < -0.39 is 17.8 Å². The molecule has 8 nitrogen and oxygen atoms in total. The zero-order valence-corrected chi connectivity index (χ0v) is 14.7. The largest absolute Gasteiger partial charge is 0.462 e. The molecule has 2 atom stereocenters. The van der Waals surface area contributed by atoms with Crippen molar-refractivity contribution in [2.45, 2.75) is 27.7 Å². The normalized spacial score (nSPS) is 20.6. The number of amides is 2. The molecule has 0 aliphatic carbocycles. The Labute approximate surface area is 140 Å². The van der Waals surface area contributed by atoms with Gasteiger partial charge < -0.3 is 15.4 Å². The molecule has 0 bridgehead atoms. The first-order chi connectivity index (χ1) is 11.2. The van der Waals surface area contributed by atoms with Crippen molar-refractivity contribution < 1.29 is 19.1 Å². The summed E-state index contributed by atoms with van der Waals surface area (Å²) >= 11 is 0. The van der Waals surface area contributed by atoms with E-state index in [1.807, 2.05) is 20.8 Å². The van der Waals surface area contributed by atoms with E-state index in [0.717, 1.165) is 0 Å². The molecule has 1 fully saturated rings. The molecule has 24 heavy (non-hydrogen) atoms. The maximum absolute atomic E-state index is 12.7. The van der Waals surface area contributed by atoms with Crippen molar-refractivity contribution in [1.29, 1.82) is 0 Å². The molecule has 0 saturated carbocycles. The lowest BCUT2D eigenvalue weighted by atomic mass is 9.74. The molecule has 2 amide bonds. The maximum Gasteiger partial charge on any atom is 0.343 e. The fraction of sp³-hybridized carbons (Fsp3) is 0.625. The smallest absolute Gasteiger partial charge is 0.343 e. The van der Waals surface area contributed by atoms with E-state index >= 15 is 0 Å². The summed E-state index contributed by atoms with van der Waals surface area (Å²) in [6.45, 7) is 8.35. The second-order valence-corrected chi connectivity index (χ2v) is 6.94. The van der Waals surface area contributed by atoms with E-state index in [0.29, 0.717) is 6.54 Å². The molecular weight excluding hydrogens is 312 g/mol. The lowest BCUT2D eigenvalue weighted by Gasteiger charge is -2.29. The van der Waals surface area contributed by atoms with Gasteiger partial charge in [0.1, 0.15) is 17.3 Å². The standard InChI is InChI=1S/C16H24N4O4/c1-6-24-15(23)9-7-18-20(5)12(9)19-14(22)11-10(16(2,3)4)8-17-13(11)21/h7,10-11H,6,8H2,1-5H3,(H,17,21)(H,19,22)/t10-,11+/m1/s1. The zero-order chi connectivity index (χ0) is 18.1. The van der Waals surface area contributed by atoms with Gasteiger partial charge in [-0.15, -0.1) is 0 Å². The van der Waals surface area contributed by atoms with Crippen LogP contribution in [0.2, 0.25) is 0 Å². The summed E-state index contributed by atoms with van der Waals surface area (Å²) < 4.78 is 6.34. The van der Waals surface area contributed by atoms with Gasteiger partial charge in [0.25, 0.3) is 0 Å². The predicted molar refractivity (Wildman–Crippen MR) is 87.2 cm³/mol. The zero-order valence-electron chi connectivity index (χ0n) is 14.7. The number of aryl methyl sites for hydroxylation is 1. The quantitative estimate of drug-likeness (QED) is 0.629. The third-order valence-corrected chi connectivity index (χ3v) is 4.25. The van der Waals surface area contributed by atoms with Gasteiger partial charge in [0.15, 0.2) is 0 Å². The van der Waals surface area contributed by atoms with Crippen molar-refractivity contribution >= 4 is 23.6 Å². The number of hydrogen-bond donors (Lipinski definition) is 2. The Balaban J connectivity index is 2.25. The fourth-order valence-electron chi connectivity index (χ4n) is 2.87. The highest BCUT2D eigenvalue weighted by Gasteiger charge is 2.46. The summed E-state index contributed by atoms with van der Waals surface area (Å²) in [7, 11) is 1.61. The van der Waals surface area contributed by atoms with Gasteiger partial charge in [0, 0.05) is 19.5 Å². The monoisotopic (exact) mass is 336 g/mol. The molecule has 1 saturated heterocycles. The molecule has 0 aromatic carbocycles. The Morgan fingerprint density at radius 2 is 2.12 bits per heavy atom. The van der Waals surface area contributed by atoms with Crippen molar-refractivity contribution in [3.8, 4) is 0 Å². The number of hydrogen-bond acceptors (Lipinski definition) is 5. The Hall–Kier alpha value is -2.38. The molecular formula is C16H24N4O4. The van der Waals surface area contributed by atoms with Crippen LogP contribution < -0.4 is 10.6 Å².